The van der Waals surface area contributed by atoms with Gasteiger partial charge in [-0.15, -0.1) is 0 Å². The minimum Gasteiger partial charge on any atom is -0.497 e. The molecule has 1 atom stereocenters. The van der Waals surface area contributed by atoms with Crippen molar-refractivity contribution in [2.75, 3.05) is 27.4 Å². The molecule has 9 heteroatoms. The molecule has 4 aromatic rings. The van der Waals surface area contributed by atoms with Crippen molar-refractivity contribution in [2.24, 2.45) is 4.99 Å². The molecular formula is C33H30BrF3N2O3. The first-order valence-corrected chi connectivity index (χ1v) is 14.0. The lowest BCUT2D eigenvalue weighted by atomic mass is 9.76. The molecule has 218 valence electrons. The zero-order chi connectivity index (χ0) is 30.0. The van der Waals surface area contributed by atoms with Crippen molar-refractivity contribution in [3.8, 4) is 11.5 Å². The third-order valence-corrected chi connectivity index (χ3v) is 8.12. The second-order valence-corrected chi connectivity index (χ2v) is 11.1. The van der Waals surface area contributed by atoms with Crippen LogP contribution in [0.15, 0.2) is 107 Å². The van der Waals surface area contributed by atoms with Gasteiger partial charge >= 0.3 is 0 Å². The van der Waals surface area contributed by atoms with Gasteiger partial charge in [0, 0.05) is 10.0 Å². The summed E-state index contributed by atoms with van der Waals surface area (Å²) in [4.78, 5) is 4.58. The summed E-state index contributed by atoms with van der Waals surface area (Å²) < 4.78 is 63.5. The second-order valence-electron chi connectivity index (χ2n) is 10.2. The van der Waals surface area contributed by atoms with Gasteiger partial charge < -0.3 is 19.5 Å². The molecule has 0 saturated heterocycles. The molecule has 0 aliphatic carbocycles. The first-order valence-electron chi connectivity index (χ1n) is 13.3. The van der Waals surface area contributed by atoms with Crippen molar-refractivity contribution >= 4 is 21.8 Å². The van der Waals surface area contributed by atoms with E-state index in [2.05, 4.69) is 26.2 Å². The van der Waals surface area contributed by atoms with Crippen LogP contribution >= 0.6 is 15.9 Å². The van der Waals surface area contributed by atoms with E-state index in [1.807, 2.05) is 78.9 Å². The molecule has 1 N–H and O–H groups in total. The van der Waals surface area contributed by atoms with Crippen molar-refractivity contribution in [3.05, 3.63) is 130 Å². The highest BCUT2D eigenvalue weighted by Gasteiger charge is 2.55. The van der Waals surface area contributed by atoms with Crippen LogP contribution in [0.3, 0.4) is 0 Å². The van der Waals surface area contributed by atoms with Crippen LogP contribution in [0.5, 0.6) is 11.5 Å². The smallest absolute Gasteiger partial charge is 0.299 e. The van der Waals surface area contributed by atoms with Crippen LogP contribution in [-0.2, 0) is 15.8 Å². The van der Waals surface area contributed by atoms with Crippen LogP contribution in [0, 0.1) is 5.82 Å². The lowest BCUT2D eigenvalue weighted by Gasteiger charge is -2.39. The van der Waals surface area contributed by atoms with Crippen molar-refractivity contribution in [1.29, 1.82) is 0 Å². The van der Waals surface area contributed by atoms with Crippen molar-refractivity contribution < 1.29 is 27.4 Å². The number of ether oxygens (including phenoxy) is 3. The highest BCUT2D eigenvalue weighted by atomic mass is 79.9. The fourth-order valence-corrected chi connectivity index (χ4v) is 5.66. The standard InChI is InChI=1S/C33H30BrF3N2O3/c1-31(28-19-25(34)13-18-29(28)35)32(36,37)21-42-20-30(38-31)39-33(22-7-5-4-6-8-22,23-9-14-26(40-2)15-10-23)24-11-16-27(41-3)17-12-24/h4-19H,20-21H2,1-3H3,(H,38,39). The first-order chi connectivity index (χ1) is 20.1. The number of halogens is 4. The highest BCUT2D eigenvalue weighted by Crippen LogP contribution is 2.45. The lowest BCUT2D eigenvalue weighted by Crippen LogP contribution is -2.50. The summed E-state index contributed by atoms with van der Waals surface area (Å²) in [5.41, 5.74) is -1.26. The van der Waals surface area contributed by atoms with Crippen molar-refractivity contribution in [1.82, 2.24) is 5.32 Å². The Balaban J connectivity index is 1.77. The van der Waals surface area contributed by atoms with E-state index in [9.17, 15) is 0 Å². The normalized spacial score (nSPS) is 18.5. The fraction of sp³-hybridized carbons (Fsp3) is 0.242. The third-order valence-electron chi connectivity index (χ3n) is 7.63. The van der Waals surface area contributed by atoms with Crippen LogP contribution < -0.4 is 14.8 Å². The summed E-state index contributed by atoms with van der Waals surface area (Å²) in [5.74, 6) is -2.87. The Kier molecular flexibility index (Phi) is 8.35. The molecule has 0 bridgehead atoms. The SMILES string of the molecule is COc1ccc(C(NC2=NC(C)(c3cc(Br)ccc3F)C(F)(F)COC2)(c2ccccc2)c2ccc(OC)cc2)cc1. The van der Waals surface area contributed by atoms with Crippen LogP contribution in [0.2, 0.25) is 0 Å². The topological polar surface area (TPSA) is 52.1 Å². The maximum absolute atomic E-state index is 15.8. The van der Waals surface area contributed by atoms with E-state index in [4.69, 9.17) is 14.2 Å². The highest BCUT2D eigenvalue weighted by molar-refractivity contribution is 9.10. The molecule has 0 fully saturated rings. The van der Waals surface area contributed by atoms with Crippen LogP contribution in [0.4, 0.5) is 13.2 Å². The quantitative estimate of drug-likeness (QED) is 0.213. The monoisotopic (exact) mass is 638 g/mol. The Morgan fingerprint density at radius 2 is 1.38 bits per heavy atom. The van der Waals surface area contributed by atoms with E-state index < -0.39 is 29.4 Å². The molecule has 0 spiro atoms. The number of alkyl halides is 2. The third kappa shape index (κ3) is 5.39. The zero-order valence-corrected chi connectivity index (χ0v) is 24.9. The Bertz CT molecular complexity index is 1520. The number of aliphatic imine (C=N–C) groups is 1. The summed E-state index contributed by atoms with van der Waals surface area (Å²) >= 11 is 3.30. The molecule has 5 rings (SSSR count). The molecule has 4 aromatic carbocycles. The number of nitrogens with zero attached hydrogens (tertiary/aromatic N) is 1. The molecule has 5 nitrogen and oxygen atoms in total. The Labute approximate surface area is 251 Å². The van der Waals surface area contributed by atoms with Gasteiger partial charge in [-0.3, -0.25) is 4.99 Å². The van der Waals surface area contributed by atoms with Gasteiger partial charge in [0.25, 0.3) is 5.92 Å². The van der Waals surface area contributed by atoms with Gasteiger partial charge in [0.15, 0.2) is 5.54 Å². The van der Waals surface area contributed by atoms with E-state index in [1.165, 1.54) is 19.1 Å². The summed E-state index contributed by atoms with van der Waals surface area (Å²) in [6, 6.07) is 28.5. The zero-order valence-electron chi connectivity index (χ0n) is 23.3. The number of methoxy groups -OCH3 is 2. The minimum atomic E-state index is -3.52. The van der Waals surface area contributed by atoms with Gasteiger partial charge in [0.1, 0.15) is 41.9 Å². The maximum Gasteiger partial charge on any atom is 0.299 e. The van der Waals surface area contributed by atoms with E-state index in [1.54, 1.807) is 14.2 Å². The molecule has 0 saturated carbocycles. The van der Waals surface area contributed by atoms with Gasteiger partial charge in [0.2, 0.25) is 0 Å². The van der Waals surface area contributed by atoms with Gasteiger partial charge in [-0.1, -0.05) is 70.5 Å². The average Bonchev–Trinajstić information content (AvgIpc) is 3.12. The molecule has 1 unspecified atom stereocenters. The Morgan fingerprint density at radius 3 is 1.93 bits per heavy atom. The predicted molar refractivity (Wildman–Crippen MR) is 160 cm³/mol. The molecule has 0 amide bonds. The maximum atomic E-state index is 15.8. The molecule has 0 aromatic heterocycles. The van der Waals surface area contributed by atoms with Gasteiger partial charge in [-0.2, -0.15) is 0 Å². The number of benzene rings is 4. The van der Waals surface area contributed by atoms with Crippen molar-refractivity contribution in [2.45, 2.75) is 23.9 Å². The van der Waals surface area contributed by atoms with Crippen molar-refractivity contribution in [3.63, 3.8) is 0 Å². The summed E-state index contributed by atoms with van der Waals surface area (Å²) in [6.45, 7) is 0.0500. The van der Waals surface area contributed by atoms with Gasteiger partial charge in [0.05, 0.1) is 14.2 Å². The first kappa shape index (κ1) is 29.7. The number of amidine groups is 1. The van der Waals surface area contributed by atoms with Crippen LogP contribution in [-0.4, -0.2) is 39.2 Å². The van der Waals surface area contributed by atoms with Gasteiger partial charge in [-0.05, 0) is 66.1 Å². The second kappa shape index (κ2) is 11.8. The molecule has 1 heterocycles. The van der Waals surface area contributed by atoms with E-state index in [-0.39, 0.29) is 18.0 Å². The van der Waals surface area contributed by atoms with Crippen LogP contribution in [0.25, 0.3) is 0 Å². The van der Waals surface area contributed by atoms with E-state index in [0.29, 0.717) is 16.0 Å². The predicted octanol–water partition coefficient (Wildman–Crippen LogP) is 7.47. The number of hydrogen-bond acceptors (Lipinski definition) is 5. The van der Waals surface area contributed by atoms with E-state index in [0.717, 1.165) is 22.8 Å². The number of nitrogens with one attached hydrogen (secondary N) is 1. The fourth-order valence-electron chi connectivity index (χ4n) is 5.30. The Hall–Kier alpha value is -3.82. The average molecular weight is 640 g/mol. The summed E-state index contributed by atoms with van der Waals surface area (Å²) in [5, 5.41) is 3.51. The molecule has 1 aliphatic heterocycles. The lowest BCUT2D eigenvalue weighted by molar-refractivity contribution is -0.116. The van der Waals surface area contributed by atoms with E-state index >= 15 is 13.2 Å². The summed E-state index contributed by atoms with van der Waals surface area (Å²) in [7, 11) is 3.17. The molecule has 42 heavy (non-hydrogen) atoms. The number of hydrogen-bond donors (Lipinski definition) is 1. The Morgan fingerprint density at radius 1 is 0.833 bits per heavy atom. The minimum absolute atomic E-state index is 0.129. The molecule has 1 aliphatic rings. The van der Waals surface area contributed by atoms with Gasteiger partial charge in [-0.25, -0.2) is 13.2 Å². The summed E-state index contributed by atoms with van der Waals surface area (Å²) in [6.07, 6.45) is 0. The molecule has 0 radical (unpaired) electrons. The number of rotatable bonds is 7. The largest absolute Gasteiger partial charge is 0.497 e. The van der Waals surface area contributed by atoms with Crippen LogP contribution in [0.1, 0.15) is 29.2 Å². The molecular weight excluding hydrogens is 609 g/mol.